The largest absolute Gasteiger partial charge is 0.472 e. The Morgan fingerprint density at radius 3 is 2.67 bits per heavy atom. The average molecular weight is 308 g/mol. The van der Waals surface area contributed by atoms with E-state index in [9.17, 15) is 0 Å². The van der Waals surface area contributed by atoms with Gasteiger partial charge in [0, 0.05) is 37.4 Å². The van der Waals surface area contributed by atoms with Crippen molar-refractivity contribution in [3.05, 3.63) is 47.0 Å². The fourth-order valence-corrected chi connectivity index (χ4v) is 2.28. The first-order valence-electron chi connectivity index (χ1n) is 6.97. The van der Waals surface area contributed by atoms with E-state index in [0.717, 1.165) is 23.5 Å². The van der Waals surface area contributed by atoms with Crippen LogP contribution in [0.2, 0.25) is 5.02 Å². The SMILES string of the molecule is CN(Cc1ccoc1)c1ncc(CNC(C)(C)C)cc1Cl. The van der Waals surface area contributed by atoms with Crippen molar-refractivity contribution in [2.24, 2.45) is 0 Å². The Labute approximate surface area is 131 Å². The molecular weight excluding hydrogens is 286 g/mol. The molecule has 0 unspecified atom stereocenters. The first-order valence-corrected chi connectivity index (χ1v) is 7.34. The van der Waals surface area contributed by atoms with Crippen molar-refractivity contribution in [1.29, 1.82) is 0 Å². The molecule has 0 saturated heterocycles. The Kier molecular flexibility index (Phi) is 4.91. The fraction of sp³-hybridized carbons (Fsp3) is 0.438. The van der Waals surface area contributed by atoms with Crippen LogP contribution in [0.1, 0.15) is 31.9 Å². The summed E-state index contributed by atoms with van der Waals surface area (Å²) in [6, 6.07) is 3.90. The van der Waals surface area contributed by atoms with E-state index in [1.54, 1.807) is 12.5 Å². The van der Waals surface area contributed by atoms with Crippen molar-refractivity contribution in [3.63, 3.8) is 0 Å². The molecule has 5 heteroatoms. The number of nitrogens with zero attached hydrogens (tertiary/aromatic N) is 2. The highest BCUT2D eigenvalue weighted by atomic mass is 35.5. The molecule has 0 aliphatic carbocycles. The highest BCUT2D eigenvalue weighted by Gasteiger charge is 2.12. The summed E-state index contributed by atoms with van der Waals surface area (Å²) in [5.41, 5.74) is 2.24. The van der Waals surface area contributed by atoms with E-state index < -0.39 is 0 Å². The van der Waals surface area contributed by atoms with Crippen LogP contribution >= 0.6 is 11.6 Å². The number of rotatable bonds is 5. The minimum Gasteiger partial charge on any atom is -0.472 e. The molecule has 1 N–H and O–H groups in total. The summed E-state index contributed by atoms with van der Waals surface area (Å²) in [6.45, 7) is 7.87. The molecule has 0 radical (unpaired) electrons. The molecule has 0 spiro atoms. The van der Waals surface area contributed by atoms with E-state index >= 15 is 0 Å². The third-order valence-corrected chi connectivity index (χ3v) is 3.34. The van der Waals surface area contributed by atoms with Crippen LogP contribution in [0.25, 0.3) is 0 Å². The Morgan fingerprint density at radius 1 is 1.33 bits per heavy atom. The first-order chi connectivity index (χ1) is 9.85. The lowest BCUT2D eigenvalue weighted by molar-refractivity contribution is 0.424. The van der Waals surface area contributed by atoms with Gasteiger partial charge in [0.1, 0.15) is 5.82 Å². The topological polar surface area (TPSA) is 41.3 Å². The van der Waals surface area contributed by atoms with E-state index in [-0.39, 0.29) is 5.54 Å². The first kappa shape index (κ1) is 15.9. The van der Waals surface area contributed by atoms with Crippen LogP contribution in [0.3, 0.4) is 0 Å². The molecule has 2 aromatic rings. The maximum absolute atomic E-state index is 6.36. The lowest BCUT2D eigenvalue weighted by Gasteiger charge is -2.22. The van der Waals surface area contributed by atoms with Gasteiger partial charge in [-0.2, -0.15) is 0 Å². The lowest BCUT2D eigenvalue weighted by atomic mass is 10.1. The highest BCUT2D eigenvalue weighted by molar-refractivity contribution is 6.33. The second kappa shape index (κ2) is 6.50. The number of anilines is 1. The third-order valence-electron chi connectivity index (χ3n) is 3.06. The van der Waals surface area contributed by atoms with Gasteiger partial charge in [-0.3, -0.25) is 0 Å². The number of hydrogen-bond acceptors (Lipinski definition) is 4. The van der Waals surface area contributed by atoms with Crippen LogP contribution in [0.4, 0.5) is 5.82 Å². The number of furan rings is 1. The predicted molar refractivity (Wildman–Crippen MR) is 86.7 cm³/mol. The Hall–Kier alpha value is -1.52. The number of pyridine rings is 1. The summed E-state index contributed by atoms with van der Waals surface area (Å²) >= 11 is 6.36. The molecule has 21 heavy (non-hydrogen) atoms. The minimum atomic E-state index is 0.0726. The van der Waals surface area contributed by atoms with Gasteiger partial charge >= 0.3 is 0 Å². The van der Waals surface area contributed by atoms with Gasteiger partial charge < -0.3 is 14.6 Å². The molecule has 2 rings (SSSR count). The van der Waals surface area contributed by atoms with Crippen molar-refractivity contribution in [1.82, 2.24) is 10.3 Å². The van der Waals surface area contributed by atoms with Crippen LogP contribution in [0.5, 0.6) is 0 Å². The van der Waals surface area contributed by atoms with Gasteiger partial charge in [-0.15, -0.1) is 0 Å². The van der Waals surface area contributed by atoms with Crippen molar-refractivity contribution >= 4 is 17.4 Å². The molecule has 0 aliphatic heterocycles. The zero-order valence-corrected chi connectivity index (χ0v) is 13.7. The zero-order valence-electron chi connectivity index (χ0n) is 13.0. The second-order valence-corrected chi connectivity index (χ2v) is 6.65. The van der Waals surface area contributed by atoms with Crippen molar-refractivity contribution in [2.45, 2.75) is 39.4 Å². The van der Waals surface area contributed by atoms with Crippen LogP contribution in [0.15, 0.2) is 35.3 Å². The van der Waals surface area contributed by atoms with Crippen LogP contribution in [0, 0.1) is 0 Å². The maximum atomic E-state index is 6.36. The molecule has 114 valence electrons. The van der Waals surface area contributed by atoms with E-state index in [1.165, 1.54) is 0 Å². The van der Waals surface area contributed by atoms with Crippen LogP contribution < -0.4 is 10.2 Å². The second-order valence-electron chi connectivity index (χ2n) is 6.24. The third kappa shape index (κ3) is 4.76. The van der Waals surface area contributed by atoms with Crippen LogP contribution in [-0.2, 0) is 13.1 Å². The van der Waals surface area contributed by atoms with Gasteiger partial charge in [-0.1, -0.05) is 11.6 Å². The van der Waals surface area contributed by atoms with E-state index in [1.807, 2.05) is 30.3 Å². The van der Waals surface area contributed by atoms with Crippen molar-refractivity contribution < 1.29 is 4.42 Å². The monoisotopic (exact) mass is 307 g/mol. The number of aromatic nitrogens is 1. The Balaban J connectivity index is 2.04. The van der Waals surface area contributed by atoms with Gasteiger partial charge in [-0.05, 0) is 38.5 Å². The summed E-state index contributed by atoms with van der Waals surface area (Å²) in [7, 11) is 1.97. The summed E-state index contributed by atoms with van der Waals surface area (Å²) < 4.78 is 5.08. The predicted octanol–water partition coefficient (Wildman–Crippen LogP) is 3.85. The molecule has 0 bridgehead atoms. The molecule has 0 fully saturated rings. The smallest absolute Gasteiger partial charge is 0.147 e. The molecule has 2 aromatic heterocycles. The van der Waals surface area contributed by atoms with Gasteiger partial charge in [-0.25, -0.2) is 4.98 Å². The van der Waals surface area contributed by atoms with E-state index in [4.69, 9.17) is 16.0 Å². The van der Waals surface area contributed by atoms with E-state index in [0.29, 0.717) is 11.6 Å². The molecular formula is C16H22ClN3O. The molecule has 0 aromatic carbocycles. The number of hydrogen-bond donors (Lipinski definition) is 1. The average Bonchev–Trinajstić information content (AvgIpc) is 2.88. The lowest BCUT2D eigenvalue weighted by Crippen LogP contribution is -2.35. The quantitative estimate of drug-likeness (QED) is 0.911. The summed E-state index contributed by atoms with van der Waals surface area (Å²) in [5, 5.41) is 4.09. The summed E-state index contributed by atoms with van der Waals surface area (Å²) in [4.78, 5) is 6.49. The van der Waals surface area contributed by atoms with Crippen molar-refractivity contribution in [3.8, 4) is 0 Å². The standard InChI is InChI=1S/C16H22ClN3O/c1-16(2,3)19-9-13-7-14(17)15(18-8-13)20(4)10-12-5-6-21-11-12/h5-8,11,19H,9-10H2,1-4H3. The molecule has 4 nitrogen and oxygen atoms in total. The van der Waals surface area contributed by atoms with Gasteiger partial charge in [0.15, 0.2) is 0 Å². The van der Waals surface area contributed by atoms with Crippen LogP contribution in [-0.4, -0.2) is 17.6 Å². The molecule has 2 heterocycles. The minimum absolute atomic E-state index is 0.0726. The van der Waals surface area contributed by atoms with Gasteiger partial charge in [0.05, 0.1) is 17.5 Å². The molecule has 0 saturated carbocycles. The van der Waals surface area contributed by atoms with E-state index in [2.05, 4.69) is 31.1 Å². The fourth-order valence-electron chi connectivity index (χ4n) is 1.95. The zero-order chi connectivity index (χ0) is 15.5. The summed E-state index contributed by atoms with van der Waals surface area (Å²) in [5.74, 6) is 0.775. The highest BCUT2D eigenvalue weighted by Crippen LogP contribution is 2.24. The maximum Gasteiger partial charge on any atom is 0.147 e. The van der Waals surface area contributed by atoms with Crippen molar-refractivity contribution in [2.75, 3.05) is 11.9 Å². The molecule has 0 amide bonds. The summed E-state index contributed by atoms with van der Waals surface area (Å²) in [6.07, 6.45) is 5.26. The number of halogens is 1. The van der Waals surface area contributed by atoms with Gasteiger partial charge in [0.25, 0.3) is 0 Å². The number of nitrogens with one attached hydrogen (secondary N) is 1. The Bertz CT molecular complexity index is 576. The Morgan fingerprint density at radius 2 is 2.10 bits per heavy atom. The molecule has 0 atom stereocenters. The van der Waals surface area contributed by atoms with Gasteiger partial charge in [0.2, 0.25) is 0 Å². The molecule has 0 aliphatic rings. The normalized spacial score (nSPS) is 11.7.